The highest BCUT2D eigenvalue weighted by atomic mass is 35.5. The zero-order valence-corrected chi connectivity index (χ0v) is 11.4. The monoisotopic (exact) mass is 257 g/mol. The van der Waals surface area contributed by atoms with E-state index < -0.39 is 0 Å². The molecule has 17 heavy (non-hydrogen) atoms. The lowest BCUT2D eigenvalue weighted by Crippen LogP contribution is -2.27. The zero-order chi connectivity index (χ0) is 12.8. The second-order valence-electron chi connectivity index (χ2n) is 4.35. The first kappa shape index (κ1) is 14.0. The molecule has 96 valence electrons. The molecule has 1 aromatic heterocycles. The molecule has 0 aromatic carbocycles. The first-order valence-electron chi connectivity index (χ1n) is 6.01. The Morgan fingerprint density at radius 3 is 2.82 bits per heavy atom. The predicted molar refractivity (Wildman–Crippen MR) is 71.9 cm³/mol. The molecule has 5 heteroatoms. The number of nitrogens with one attached hydrogen (secondary N) is 1. The van der Waals surface area contributed by atoms with E-state index in [9.17, 15) is 4.79 Å². The van der Waals surface area contributed by atoms with Crippen LogP contribution < -0.4 is 10.9 Å². The van der Waals surface area contributed by atoms with Crippen LogP contribution in [0.25, 0.3) is 0 Å². The van der Waals surface area contributed by atoms with Crippen LogP contribution in [0.1, 0.15) is 39.7 Å². The zero-order valence-electron chi connectivity index (χ0n) is 10.6. The van der Waals surface area contributed by atoms with Gasteiger partial charge in [0.05, 0.1) is 5.38 Å². The summed E-state index contributed by atoms with van der Waals surface area (Å²) in [5, 5.41) is 3.05. The van der Waals surface area contributed by atoms with Gasteiger partial charge < -0.3 is 9.88 Å². The average molecular weight is 258 g/mol. The van der Waals surface area contributed by atoms with Crippen LogP contribution in [0.4, 0.5) is 5.82 Å². The van der Waals surface area contributed by atoms with Crippen molar-refractivity contribution >= 4 is 17.4 Å². The van der Waals surface area contributed by atoms with Crippen molar-refractivity contribution in [2.24, 2.45) is 0 Å². The normalized spacial score (nSPS) is 12.8. The number of rotatable bonds is 6. The fourth-order valence-corrected chi connectivity index (χ4v) is 1.87. The lowest BCUT2D eigenvalue weighted by atomic mass is 10.2. The molecule has 0 aliphatic carbocycles. The summed E-state index contributed by atoms with van der Waals surface area (Å²) >= 11 is 6.09. The molecule has 0 fully saturated rings. The molecule has 1 aromatic rings. The number of aromatic nitrogens is 2. The third-order valence-electron chi connectivity index (χ3n) is 2.52. The van der Waals surface area contributed by atoms with Crippen LogP contribution in [0.5, 0.6) is 0 Å². The van der Waals surface area contributed by atoms with Crippen LogP contribution in [-0.2, 0) is 0 Å². The first-order valence-corrected chi connectivity index (χ1v) is 6.45. The Morgan fingerprint density at radius 1 is 1.53 bits per heavy atom. The summed E-state index contributed by atoms with van der Waals surface area (Å²) in [6.07, 6.45) is 5.29. The largest absolute Gasteiger partial charge is 0.364 e. The highest BCUT2D eigenvalue weighted by Gasteiger charge is 2.08. The van der Waals surface area contributed by atoms with Gasteiger partial charge in [-0.25, -0.2) is 4.98 Å². The number of alkyl halides is 1. The Bertz CT molecular complexity index is 403. The molecule has 0 spiro atoms. The summed E-state index contributed by atoms with van der Waals surface area (Å²) in [6.45, 7) is 6.58. The number of hydrogen-bond donors (Lipinski definition) is 1. The Kier molecular flexibility index (Phi) is 5.48. The Hall–Kier alpha value is -1.03. The second-order valence-corrected chi connectivity index (χ2v) is 4.97. The van der Waals surface area contributed by atoms with Crippen molar-refractivity contribution in [3.8, 4) is 0 Å². The predicted octanol–water partition coefficient (Wildman–Crippen LogP) is 2.64. The smallest absolute Gasteiger partial charge is 0.293 e. The highest BCUT2D eigenvalue weighted by Crippen LogP contribution is 2.06. The quantitative estimate of drug-likeness (QED) is 0.797. The Labute approximate surface area is 107 Å². The third-order valence-corrected chi connectivity index (χ3v) is 2.89. The van der Waals surface area contributed by atoms with Crippen molar-refractivity contribution < 1.29 is 0 Å². The summed E-state index contributed by atoms with van der Waals surface area (Å²) < 4.78 is 1.65. The van der Waals surface area contributed by atoms with Crippen LogP contribution >= 0.6 is 11.6 Å². The summed E-state index contributed by atoms with van der Waals surface area (Å²) in [5.74, 6) is 0.378. The summed E-state index contributed by atoms with van der Waals surface area (Å²) in [5.41, 5.74) is -0.0946. The van der Waals surface area contributed by atoms with Gasteiger partial charge in [-0.15, -0.1) is 11.6 Å². The van der Waals surface area contributed by atoms with Crippen molar-refractivity contribution in [1.82, 2.24) is 9.55 Å². The molecule has 4 nitrogen and oxygen atoms in total. The minimum atomic E-state index is -0.0946. The van der Waals surface area contributed by atoms with E-state index in [2.05, 4.69) is 17.2 Å². The molecule has 1 N–H and O–H groups in total. The summed E-state index contributed by atoms with van der Waals surface area (Å²) in [4.78, 5) is 16.0. The maximum atomic E-state index is 12.0. The second kappa shape index (κ2) is 6.64. The van der Waals surface area contributed by atoms with E-state index >= 15 is 0 Å². The minimum absolute atomic E-state index is 0.0360. The van der Waals surface area contributed by atoms with Gasteiger partial charge in [-0.3, -0.25) is 4.79 Å². The minimum Gasteiger partial charge on any atom is -0.364 e. The van der Waals surface area contributed by atoms with Crippen molar-refractivity contribution in [2.45, 2.75) is 45.0 Å². The van der Waals surface area contributed by atoms with E-state index in [0.717, 1.165) is 12.8 Å². The van der Waals surface area contributed by atoms with Gasteiger partial charge in [-0.1, -0.05) is 13.3 Å². The number of nitrogens with zero attached hydrogens (tertiary/aromatic N) is 2. The van der Waals surface area contributed by atoms with Gasteiger partial charge in [0, 0.05) is 25.0 Å². The SMILES string of the molecule is CCCC(Cl)CNc1nccn(C(C)C)c1=O. The molecule has 0 radical (unpaired) electrons. The maximum absolute atomic E-state index is 12.0. The molecule has 1 rings (SSSR count). The summed E-state index contributed by atoms with van der Waals surface area (Å²) in [7, 11) is 0. The van der Waals surface area contributed by atoms with Crippen molar-refractivity contribution in [3.63, 3.8) is 0 Å². The van der Waals surface area contributed by atoms with Crippen LogP contribution in [0.15, 0.2) is 17.2 Å². The van der Waals surface area contributed by atoms with Crippen LogP contribution in [0.2, 0.25) is 0 Å². The molecule has 1 unspecified atom stereocenters. The van der Waals surface area contributed by atoms with Crippen molar-refractivity contribution in [2.75, 3.05) is 11.9 Å². The van der Waals surface area contributed by atoms with E-state index in [0.29, 0.717) is 12.4 Å². The van der Waals surface area contributed by atoms with Crippen LogP contribution in [0.3, 0.4) is 0 Å². The van der Waals surface area contributed by atoms with E-state index in [1.807, 2.05) is 13.8 Å². The van der Waals surface area contributed by atoms with E-state index in [-0.39, 0.29) is 17.0 Å². The maximum Gasteiger partial charge on any atom is 0.293 e. The third kappa shape index (κ3) is 4.04. The molecule has 0 saturated carbocycles. The Morgan fingerprint density at radius 2 is 2.24 bits per heavy atom. The molecule has 0 bridgehead atoms. The van der Waals surface area contributed by atoms with Gasteiger partial charge >= 0.3 is 0 Å². The number of hydrogen-bond acceptors (Lipinski definition) is 3. The topological polar surface area (TPSA) is 46.9 Å². The number of anilines is 1. The molecule has 0 aliphatic heterocycles. The molecule has 1 heterocycles. The van der Waals surface area contributed by atoms with E-state index in [1.54, 1.807) is 17.0 Å². The molecule has 0 saturated heterocycles. The van der Waals surface area contributed by atoms with Gasteiger partial charge in [0.1, 0.15) is 0 Å². The van der Waals surface area contributed by atoms with Crippen molar-refractivity contribution in [3.05, 3.63) is 22.7 Å². The average Bonchev–Trinajstić information content (AvgIpc) is 2.27. The molecule has 0 aliphatic rings. The van der Waals surface area contributed by atoms with Gasteiger partial charge in [0.25, 0.3) is 5.56 Å². The van der Waals surface area contributed by atoms with Gasteiger partial charge in [-0.2, -0.15) is 0 Å². The Balaban J connectivity index is 2.72. The lowest BCUT2D eigenvalue weighted by molar-refractivity contribution is 0.575. The van der Waals surface area contributed by atoms with E-state index in [4.69, 9.17) is 11.6 Å². The van der Waals surface area contributed by atoms with Gasteiger partial charge in [0.15, 0.2) is 5.82 Å². The molecular formula is C12H20ClN3O. The van der Waals surface area contributed by atoms with Crippen LogP contribution in [0, 0.1) is 0 Å². The van der Waals surface area contributed by atoms with Gasteiger partial charge in [-0.05, 0) is 20.3 Å². The highest BCUT2D eigenvalue weighted by molar-refractivity contribution is 6.20. The lowest BCUT2D eigenvalue weighted by Gasteiger charge is -2.13. The first-order chi connectivity index (χ1) is 8.06. The standard InChI is InChI=1S/C12H20ClN3O/c1-4-5-10(13)8-15-11-12(17)16(9(2)3)7-6-14-11/h6-7,9-10H,4-5,8H2,1-3H3,(H,14,15). The van der Waals surface area contributed by atoms with E-state index in [1.165, 1.54) is 0 Å². The molecule has 1 atom stereocenters. The fourth-order valence-electron chi connectivity index (χ4n) is 1.58. The molecular weight excluding hydrogens is 238 g/mol. The summed E-state index contributed by atoms with van der Waals surface area (Å²) in [6, 6.07) is 0.133. The van der Waals surface area contributed by atoms with Gasteiger partial charge in [0.2, 0.25) is 0 Å². The van der Waals surface area contributed by atoms with Crippen LogP contribution in [-0.4, -0.2) is 21.5 Å². The molecule has 0 amide bonds. The fraction of sp³-hybridized carbons (Fsp3) is 0.667. The van der Waals surface area contributed by atoms with Crippen molar-refractivity contribution in [1.29, 1.82) is 0 Å². The number of halogens is 1.